The smallest absolute Gasteiger partial charge is 0 e. The van der Waals surface area contributed by atoms with E-state index in [4.69, 9.17) is 0 Å². The predicted octanol–water partition coefficient (Wildman–Crippen LogP) is -0.0100. The maximum absolute atomic E-state index is 0. The van der Waals surface area contributed by atoms with Crippen LogP contribution in [0.4, 0.5) is 0 Å². The van der Waals surface area contributed by atoms with Crippen molar-refractivity contribution < 1.29 is 75.1 Å². The van der Waals surface area contributed by atoms with Gasteiger partial charge in [-0.1, -0.05) is 0 Å². The van der Waals surface area contributed by atoms with E-state index in [1.807, 2.05) is 0 Å². The molecule has 0 rings (SSSR count). The van der Waals surface area contributed by atoms with Gasteiger partial charge < -0.3 is 0 Å². The molecule has 0 aliphatic rings. The van der Waals surface area contributed by atoms with Crippen LogP contribution in [0.2, 0.25) is 0 Å². The first-order chi connectivity index (χ1) is 0. The maximum Gasteiger partial charge on any atom is 0 e. The van der Waals surface area contributed by atoms with Gasteiger partial charge in [-0.25, -0.2) is 0 Å². The molecule has 0 heterocycles. The Hall–Kier alpha value is 2.36. The van der Waals surface area contributed by atoms with E-state index in [1.54, 1.807) is 0 Å². The van der Waals surface area contributed by atoms with Crippen LogP contribution in [0.15, 0.2) is 0 Å². The van der Waals surface area contributed by atoms with Crippen LogP contribution >= 0.6 is 0 Å². The number of hydrogen-bond donors (Lipinski definition) is 0. The average molecular weight is 508 g/mol. The minimum atomic E-state index is 0. The molecule has 0 aliphatic carbocycles. The van der Waals surface area contributed by atoms with E-state index >= 15 is 0 Å². The Bertz CT molecular complexity index is 4.00. The van der Waals surface area contributed by atoms with E-state index in [2.05, 4.69) is 0 Å². The van der Waals surface area contributed by atoms with Crippen LogP contribution in [-0.2, 0) is 75.1 Å². The van der Waals surface area contributed by atoms with Crippen molar-refractivity contribution in [3.63, 3.8) is 0 Å². The van der Waals surface area contributed by atoms with Crippen LogP contribution in [-0.4, -0.2) is 0 Å². The average Bonchev–Trinajstić information content (AvgIpc) is 0. The fourth-order valence-electron chi connectivity index (χ4n) is 0. The predicted molar refractivity (Wildman–Crippen MR) is 0 cm³/mol. The van der Waals surface area contributed by atoms with Gasteiger partial charge in [0.15, 0.2) is 0 Å². The zero-order valence-corrected chi connectivity index (χ0v) is 7.78. The van der Waals surface area contributed by atoms with Crippen LogP contribution in [0, 0.1) is 0 Å². The second-order valence-corrected chi connectivity index (χ2v) is 0. The molecule has 0 fully saturated rings. The third-order valence-electron chi connectivity index (χ3n) is 0. The van der Waals surface area contributed by atoms with Gasteiger partial charge in [0.1, 0.15) is 0 Å². The molecular formula is Ni2Pt2. The third-order valence-corrected chi connectivity index (χ3v) is 0. The molecular weight excluding hydrogens is 508 g/mol. The second kappa shape index (κ2) is 18.3. The van der Waals surface area contributed by atoms with Crippen molar-refractivity contribution >= 4 is 0 Å². The molecule has 0 radical (unpaired) electrons. The summed E-state index contributed by atoms with van der Waals surface area (Å²) in [6, 6.07) is 0. The zero-order valence-electron chi connectivity index (χ0n) is 1.26. The molecule has 0 N–H and O–H groups in total. The summed E-state index contributed by atoms with van der Waals surface area (Å²) in [6.45, 7) is 0. The van der Waals surface area contributed by atoms with Crippen LogP contribution in [0.25, 0.3) is 0 Å². The summed E-state index contributed by atoms with van der Waals surface area (Å²) in [5, 5.41) is 0. The zero-order chi connectivity index (χ0) is 0. The summed E-state index contributed by atoms with van der Waals surface area (Å²) < 4.78 is 0. The minimum absolute atomic E-state index is 0. The van der Waals surface area contributed by atoms with Gasteiger partial charge in [0.2, 0.25) is 0 Å². The maximum atomic E-state index is 0. The first-order valence-electron chi connectivity index (χ1n) is 0. The molecule has 0 amide bonds. The van der Waals surface area contributed by atoms with Gasteiger partial charge in [-0.15, -0.1) is 0 Å². The second-order valence-electron chi connectivity index (χ2n) is 0. The fraction of sp³-hybridized carbons (Fsp3) is 0. The molecule has 40 valence electrons. The van der Waals surface area contributed by atoms with Crippen LogP contribution < -0.4 is 0 Å². The molecule has 0 aromatic carbocycles. The summed E-state index contributed by atoms with van der Waals surface area (Å²) in [6.07, 6.45) is 0. The van der Waals surface area contributed by atoms with Crippen molar-refractivity contribution in [2.24, 2.45) is 0 Å². The molecule has 4 heavy (non-hydrogen) atoms. The van der Waals surface area contributed by atoms with Gasteiger partial charge in [-0.05, 0) is 0 Å². The van der Waals surface area contributed by atoms with E-state index in [1.165, 1.54) is 0 Å². The Morgan fingerprint density at radius 2 is 0.500 bits per heavy atom. The van der Waals surface area contributed by atoms with Gasteiger partial charge in [-0.3, -0.25) is 0 Å². The Labute approximate surface area is 74.2 Å². The van der Waals surface area contributed by atoms with Crippen molar-refractivity contribution in [1.29, 1.82) is 0 Å². The molecule has 0 saturated heterocycles. The SMILES string of the molecule is [Ni].[Ni].[Pt].[Pt]. The third kappa shape index (κ3) is 8.84. The van der Waals surface area contributed by atoms with E-state index in [-0.39, 0.29) is 75.1 Å². The molecule has 4 heteroatoms. The van der Waals surface area contributed by atoms with Crippen LogP contribution in [0.5, 0.6) is 0 Å². The van der Waals surface area contributed by atoms with Gasteiger partial charge in [0.25, 0.3) is 0 Å². The Kier molecular flexibility index (Phi) is 150. The summed E-state index contributed by atoms with van der Waals surface area (Å²) >= 11 is 0. The van der Waals surface area contributed by atoms with Crippen molar-refractivity contribution in [1.82, 2.24) is 0 Å². The molecule has 0 aromatic rings. The van der Waals surface area contributed by atoms with Gasteiger partial charge in [0, 0.05) is 75.1 Å². The summed E-state index contributed by atoms with van der Waals surface area (Å²) in [5.41, 5.74) is 0. The molecule has 0 spiro atoms. The summed E-state index contributed by atoms with van der Waals surface area (Å²) in [4.78, 5) is 0. The molecule has 0 aromatic heterocycles. The van der Waals surface area contributed by atoms with Crippen molar-refractivity contribution in [2.75, 3.05) is 0 Å². The number of rotatable bonds is 0. The summed E-state index contributed by atoms with van der Waals surface area (Å²) in [5.74, 6) is 0. The van der Waals surface area contributed by atoms with Crippen molar-refractivity contribution in [2.45, 2.75) is 0 Å². The Morgan fingerprint density at radius 3 is 0.500 bits per heavy atom. The van der Waals surface area contributed by atoms with Gasteiger partial charge in [-0.2, -0.15) is 0 Å². The fourth-order valence-corrected chi connectivity index (χ4v) is 0. The topological polar surface area (TPSA) is 0 Å². The number of hydrogen-bond acceptors (Lipinski definition) is 0. The van der Waals surface area contributed by atoms with Gasteiger partial charge in [0.05, 0.1) is 0 Å². The molecule has 0 nitrogen and oxygen atoms in total. The largest absolute Gasteiger partial charge is 0 e. The van der Waals surface area contributed by atoms with E-state index < -0.39 is 0 Å². The monoisotopic (exact) mass is 506 g/mol. The Balaban J connectivity index is 0. The van der Waals surface area contributed by atoms with E-state index in [0.29, 0.717) is 0 Å². The van der Waals surface area contributed by atoms with Gasteiger partial charge >= 0.3 is 0 Å². The minimum Gasteiger partial charge on any atom is 0 e. The summed E-state index contributed by atoms with van der Waals surface area (Å²) in [7, 11) is 0. The van der Waals surface area contributed by atoms with Crippen LogP contribution in [0.1, 0.15) is 0 Å². The van der Waals surface area contributed by atoms with Crippen molar-refractivity contribution in [3.8, 4) is 0 Å². The van der Waals surface area contributed by atoms with Crippen LogP contribution in [0.3, 0.4) is 0 Å². The normalized spacial score (nSPS) is 0. The standard InChI is InChI=1S/2Ni.2Pt. The molecule has 0 unspecified atom stereocenters. The van der Waals surface area contributed by atoms with E-state index in [9.17, 15) is 0 Å². The molecule has 0 aliphatic heterocycles. The Morgan fingerprint density at radius 1 is 0.500 bits per heavy atom. The first-order valence-corrected chi connectivity index (χ1v) is 0. The molecule has 0 bridgehead atoms. The quantitative estimate of drug-likeness (QED) is 0.405. The first kappa shape index (κ1) is 32.8. The molecule has 0 atom stereocenters. The molecule has 0 saturated carbocycles. The van der Waals surface area contributed by atoms with E-state index in [0.717, 1.165) is 0 Å². The van der Waals surface area contributed by atoms with Crippen molar-refractivity contribution in [3.05, 3.63) is 0 Å².